The quantitative estimate of drug-likeness (QED) is 0.735. The normalized spacial score (nSPS) is 13.5. The van der Waals surface area contributed by atoms with Crippen molar-refractivity contribution < 1.29 is 14.1 Å². The van der Waals surface area contributed by atoms with Crippen LogP contribution in [0.5, 0.6) is 0 Å². The van der Waals surface area contributed by atoms with E-state index in [4.69, 9.17) is 27.7 Å². The van der Waals surface area contributed by atoms with Gasteiger partial charge in [-0.2, -0.15) is 0 Å². The van der Waals surface area contributed by atoms with E-state index in [0.29, 0.717) is 38.5 Å². The lowest BCUT2D eigenvalue weighted by molar-refractivity contribution is 0.112. The Morgan fingerprint density at radius 3 is 2.41 bits per heavy atom. The Morgan fingerprint density at radius 2 is 1.95 bits per heavy atom. The molecule has 1 aliphatic rings. The first kappa shape index (κ1) is 17.0. The van der Waals surface area contributed by atoms with Crippen LogP contribution in [0.3, 0.4) is 0 Å². The number of hydrogen-bond donors (Lipinski definition) is 0. The maximum Gasteiger partial charge on any atom is 0.155 e. The smallest absolute Gasteiger partial charge is 0.155 e. The molecule has 0 N–H and O–H groups in total. The number of carbonyl (C=O) groups is 1. The lowest BCUT2D eigenvalue weighted by atomic mass is 10.1. The van der Waals surface area contributed by atoms with Crippen molar-refractivity contribution in [1.29, 1.82) is 0 Å². The summed E-state index contributed by atoms with van der Waals surface area (Å²) in [7, 11) is 1.68. The summed E-state index contributed by atoms with van der Waals surface area (Å²) < 4.78 is 9.82. The molecule has 1 aliphatic carbocycles. The third kappa shape index (κ3) is 3.69. The lowest BCUT2D eigenvalue weighted by Gasteiger charge is -2.03. The van der Waals surface area contributed by atoms with Crippen molar-refractivity contribution in [2.24, 2.45) is 0 Å². The van der Waals surface area contributed by atoms with E-state index in [9.17, 15) is 4.79 Å². The number of benzene rings is 1. The van der Waals surface area contributed by atoms with Crippen molar-refractivity contribution >= 4 is 29.5 Å². The Morgan fingerprint density at radius 1 is 1.36 bits per heavy atom. The molecule has 0 atom stereocenters. The summed E-state index contributed by atoms with van der Waals surface area (Å²) in [4.78, 5) is 11.3. The van der Waals surface area contributed by atoms with Crippen molar-refractivity contribution in [2.75, 3.05) is 13.7 Å². The van der Waals surface area contributed by atoms with Gasteiger partial charge < -0.3 is 9.26 Å². The van der Waals surface area contributed by atoms with Gasteiger partial charge in [0.25, 0.3) is 0 Å². The molecular weight excluding hydrogens is 325 g/mol. The predicted molar refractivity (Wildman–Crippen MR) is 86.9 cm³/mol. The Labute approximate surface area is 139 Å². The molecule has 1 fully saturated rings. The molecule has 1 aromatic carbocycles. The summed E-state index contributed by atoms with van der Waals surface area (Å²) in [5.41, 5.74) is 1.45. The highest BCUT2D eigenvalue weighted by Crippen LogP contribution is 2.45. The lowest BCUT2D eigenvalue weighted by Crippen LogP contribution is -1.90. The van der Waals surface area contributed by atoms with Gasteiger partial charge in [0.1, 0.15) is 5.69 Å². The van der Waals surface area contributed by atoms with Gasteiger partial charge in [0.2, 0.25) is 0 Å². The monoisotopic (exact) mass is 341 g/mol. The number of nitrogens with zero attached hydrogens (tertiary/aromatic N) is 1. The van der Waals surface area contributed by atoms with Crippen molar-refractivity contribution in [1.82, 2.24) is 5.16 Å². The second-order valence-corrected chi connectivity index (χ2v) is 5.69. The van der Waals surface area contributed by atoms with Crippen LogP contribution in [-0.4, -0.2) is 25.2 Å². The van der Waals surface area contributed by atoms with Crippen LogP contribution in [0.4, 0.5) is 0 Å². The number of hydrogen-bond acceptors (Lipinski definition) is 4. The second kappa shape index (κ2) is 7.77. The number of aromatic nitrogens is 1. The van der Waals surface area contributed by atoms with Crippen molar-refractivity contribution in [3.8, 4) is 11.3 Å². The van der Waals surface area contributed by atoms with E-state index in [1.165, 1.54) is 0 Å². The minimum absolute atomic E-state index is 0.313. The minimum Gasteiger partial charge on any atom is -0.385 e. The van der Waals surface area contributed by atoms with Crippen LogP contribution in [-0.2, 0) is 4.74 Å². The zero-order valence-corrected chi connectivity index (χ0v) is 13.9. The van der Waals surface area contributed by atoms with Gasteiger partial charge in [-0.25, -0.2) is 0 Å². The molecule has 1 aromatic heterocycles. The van der Waals surface area contributed by atoms with Crippen LogP contribution in [0.15, 0.2) is 22.7 Å². The van der Waals surface area contributed by atoms with Gasteiger partial charge in [0, 0.05) is 25.2 Å². The molecule has 2 aromatic rings. The standard InChI is InChI=1S/C13H9Cl2NO2.C3H8O/c14-9-2-1-3-10(15)11(9)12-8(6-17)13(18-16-12)7-4-5-7;1-3-4-2/h1-3,6-7H,4-5H2;3H2,1-2H3. The Bertz CT molecular complexity index is 629. The van der Waals surface area contributed by atoms with Crippen molar-refractivity contribution in [3.63, 3.8) is 0 Å². The second-order valence-electron chi connectivity index (χ2n) is 4.88. The topological polar surface area (TPSA) is 52.3 Å². The van der Waals surface area contributed by atoms with E-state index in [1.54, 1.807) is 25.3 Å². The first-order valence-corrected chi connectivity index (χ1v) is 7.77. The first-order valence-electron chi connectivity index (χ1n) is 7.02. The summed E-state index contributed by atoms with van der Waals surface area (Å²) in [6.45, 7) is 2.78. The van der Waals surface area contributed by atoms with Crippen LogP contribution in [0, 0.1) is 0 Å². The van der Waals surface area contributed by atoms with Gasteiger partial charge in [0.15, 0.2) is 12.0 Å². The fraction of sp³-hybridized carbons (Fsp3) is 0.375. The van der Waals surface area contributed by atoms with Crippen LogP contribution in [0.1, 0.15) is 41.8 Å². The molecule has 0 bridgehead atoms. The van der Waals surface area contributed by atoms with Gasteiger partial charge in [0.05, 0.1) is 15.6 Å². The highest BCUT2D eigenvalue weighted by Gasteiger charge is 2.33. The molecule has 1 heterocycles. The third-order valence-corrected chi connectivity index (χ3v) is 3.94. The molecule has 3 rings (SSSR count). The molecule has 4 nitrogen and oxygen atoms in total. The molecule has 0 radical (unpaired) electrons. The summed E-state index contributed by atoms with van der Waals surface area (Å²) in [5, 5.41) is 4.88. The van der Waals surface area contributed by atoms with E-state index >= 15 is 0 Å². The highest BCUT2D eigenvalue weighted by atomic mass is 35.5. The van der Waals surface area contributed by atoms with Crippen LogP contribution >= 0.6 is 23.2 Å². The van der Waals surface area contributed by atoms with Crippen molar-refractivity contribution in [2.45, 2.75) is 25.7 Å². The Kier molecular flexibility index (Phi) is 6.00. The molecular formula is C16H17Cl2NO3. The number of ether oxygens (including phenoxy) is 1. The van der Waals surface area contributed by atoms with Gasteiger partial charge in [-0.05, 0) is 31.9 Å². The summed E-state index contributed by atoms with van der Waals surface area (Å²) in [5.74, 6) is 0.962. The maximum atomic E-state index is 11.3. The zero-order valence-electron chi connectivity index (χ0n) is 12.4. The van der Waals surface area contributed by atoms with E-state index in [-0.39, 0.29) is 0 Å². The molecule has 0 spiro atoms. The molecule has 118 valence electrons. The molecule has 0 saturated heterocycles. The summed E-state index contributed by atoms with van der Waals surface area (Å²) in [6.07, 6.45) is 2.83. The van der Waals surface area contributed by atoms with Crippen molar-refractivity contribution in [3.05, 3.63) is 39.6 Å². The van der Waals surface area contributed by atoms with Gasteiger partial charge in [-0.1, -0.05) is 34.4 Å². The van der Waals surface area contributed by atoms with E-state index in [2.05, 4.69) is 9.89 Å². The predicted octanol–water partition coefficient (Wildman–Crippen LogP) is 4.99. The molecule has 22 heavy (non-hydrogen) atoms. The van der Waals surface area contributed by atoms with Gasteiger partial charge in [-0.15, -0.1) is 0 Å². The average molecular weight is 342 g/mol. The zero-order chi connectivity index (χ0) is 16.1. The number of aldehydes is 1. The van der Waals surface area contributed by atoms with Gasteiger partial charge >= 0.3 is 0 Å². The van der Waals surface area contributed by atoms with Crippen LogP contribution in [0.25, 0.3) is 11.3 Å². The summed E-state index contributed by atoms with van der Waals surface area (Å²) >= 11 is 12.2. The average Bonchev–Trinajstić information content (AvgIpc) is 3.28. The van der Waals surface area contributed by atoms with E-state index < -0.39 is 0 Å². The fourth-order valence-electron chi connectivity index (χ4n) is 1.97. The summed E-state index contributed by atoms with van der Waals surface area (Å²) in [6, 6.07) is 5.17. The number of carbonyl (C=O) groups excluding carboxylic acids is 1. The fourth-order valence-corrected chi connectivity index (χ4v) is 2.54. The molecule has 0 unspecified atom stereocenters. The van der Waals surface area contributed by atoms with Gasteiger partial charge in [-0.3, -0.25) is 4.79 Å². The SMILES string of the molecule is CCOC.O=Cc1c(-c2c(Cl)cccc2Cl)noc1C1CC1. The minimum atomic E-state index is 0.313. The molecule has 0 amide bonds. The number of rotatable bonds is 4. The molecule has 0 aliphatic heterocycles. The number of methoxy groups -OCH3 is 1. The highest BCUT2D eigenvalue weighted by molar-refractivity contribution is 6.39. The largest absolute Gasteiger partial charge is 0.385 e. The third-order valence-electron chi connectivity index (χ3n) is 3.31. The number of halogens is 2. The first-order chi connectivity index (χ1) is 10.6. The van der Waals surface area contributed by atoms with E-state index in [1.807, 2.05) is 6.92 Å². The van der Waals surface area contributed by atoms with Crippen LogP contribution < -0.4 is 0 Å². The van der Waals surface area contributed by atoms with E-state index in [0.717, 1.165) is 25.7 Å². The van der Waals surface area contributed by atoms with Crippen LogP contribution in [0.2, 0.25) is 10.0 Å². The molecule has 1 saturated carbocycles. The maximum absolute atomic E-state index is 11.3. The molecule has 6 heteroatoms. The Hall–Kier alpha value is -1.36. The Balaban J connectivity index is 0.000000396.